The van der Waals surface area contributed by atoms with Crippen LogP contribution in [0.4, 0.5) is 0 Å². The van der Waals surface area contributed by atoms with Crippen LogP contribution in [0.3, 0.4) is 0 Å². The van der Waals surface area contributed by atoms with Crippen LogP contribution in [-0.4, -0.2) is 23.3 Å². The van der Waals surface area contributed by atoms with E-state index in [2.05, 4.69) is 4.98 Å². The predicted molar refractivity (Wildman–Crippen MR) is 60.9 cm³/mol. The van der Waals surface area contributed by atoms with Gasteiger partial charge in [-0.15, -0.1) is 11.8 Å². The van der Waals surface area contributed by atoms with E-state index >= 15 is 0 Å². The maximum atomic E-state index is 11.0. The second kappa shape index (κ2) is 6.45. The molecule has 0 aromatic carbocycles. The van der Waals surface area contributed by atoms with Gasteiger partial charge in [0.25, 0.3) is 0 Å². The SMILES string of the molecule is CCOC(=O)CCSc1cccc(C)n1. The summed E-state index contributed by atoms with van der Waals surface area (Å²) in [5.41, 5.74) is 0.996. The van der Waals surface area contributed by atoms with Gasteiger partial charge in [0.15, 0.2) is 0 Å². The summed E-state index contributed by atoms with van der Waals surface area (Å²) < 4.78 is 4.83. The molecule has 15 heavy (non-hydrogen) atoms. The number of nitrogens with zero attached hydrogens (tertiary/aromatic N) is 1. The fourth-order valence-corrected chi connectivity index (χ4v) is 1.93. The van der Waals surface area contributed by atoms with E-state index in [9.17, 15) is 4.79 Å². The molecule has 0 atom stereocenters. The second-order valence-corrected chi connectivity index (χ2v) is 4.14. The molecule has 1 heterocycles. The Morgan fingerprint density at radius 2 is 2.33 bits per heavy atom. The number of aryl methyl sites for hydroxylation is 1. The molecular formula is C11H15NO2S. The van der Waals surface area contributed by atoms with Crippen molar-refractivity contribution < 1.29 is 9.53 Å². The van der Waals surface area contributed by atoms with Gasteiger partial charge in [-0.1, -0.05) is 6.07 Å². The summed E-state index contributed by atoms with van der Waals surface area (Å²) in [5, 5.41) is 0.958. The molecule has 0 saturated carbocycles. The Labute approximate surface area is 94.2 Å². The van der Waals surface area contributed by atoms with E-state index in [0.29, 0.717) is 13.0 Å². The molecule has 0 spiro atoms. The normalized spacial score (nSPS) is 10.0. The zero-order valence-electron chi connectivity index (χ0n) is 9.03. The zero-order chi connectivity index (χ0) is 11.1. The van der Waals surface area contributed by atoms with Gasteiger partial charge < -0.3 is 4.74 Å². The van der Waals surface area contributed by atoms with Gasteiger partial charge in [0, 0.05) is 11.4 Å². The average Bonchev–Trinajstić information content (AvgIpc) is 2.18. The number of rotatable bonds is 5. The van der Waals surface area contributed by atoms with Crippen molar-refractivity contribution in [2.75, 3.05) is 12.4 Å². The highest BCUT2D eigenvalue weighted by Crippen LogP contribution is 2.16. The van der Waals surface area contributed by atoms with Crippen LogP contribution in [0.5, 0.6) is 0 Å². The van der Waals surface area contributed by atoms with Crippen LogP contribution in [0, 0.1) is 6.92 Å². The Morgan fingerprint density at radius 1 is 1.53 bits per heavy atom. The molecule has 1 rings (SSSR count). The molecule has 3 nitrogen and oxygen atoms in total. The highest BCUT2D eigenvalue weighted by Gasteiger charge is 2.02. The maximum Gasteiger partial charge on any atom is 0.306 e. The van der Waals surface area contributed by atoms with E-state index in [1.165, 1.54) is 0 Å². The summed E-state index contributed by atoms with van der Waals surface area (Å²) in [6.07, 6.45) is 0.439. The van der Waals surface area contributed by atoms with Gasteiger partial charge in [0.05, 0.1) is 18.1 Å². The van der Waals surface area contributed by atoms with Crippen LogP contribution < -0.4 is 0 Å². The Balaban J connectivity index is 2.28. The van der Waals surface area contributed by atoms with E-state index in [4.69, 9.17) is 4.74 Å². The number of pyridine rings is 1. The zero-order valence-corrected chi connectivity index (χ0v) is 9.84. The van der Waals surface area contributed by atoms with Crippen LogP contribution in [0.2, 0.25) is 0 Å². The molecule has 4 heteroatoms. The molecule has 0 radical (unpaired) electrons. The number of ether oxygens (including phenoxy) is 1. The van der Waals surface area contributed by atoms with Crippen LogP contribution in [0.25, 0.3) is 0 Å². The summed E-state index contributed by atoms with van der Waals surface area (Å²) in [6, 6.07) is 5.87. The van der Waals surface area contributed by atoms with Crippen molar-refractivity contribution in [1.82, 2.24) is 4.98 Å². The molecule has 0 saturated heterocycles. The first-order valence-corrected chi connectivity index (χ1v) is 5.93. The van der Waals surface area contributed by atoms with Gasteiger partial charge in [-0.25, -0.2) is 4.98 Å². The number of carbonyl (C=O) groups is 1. The van der Waals surface area contributed by atoms with E-state index in [0.717, 1.165) is 16.5 Å². The third-order valence-corrected chi connectivity index (χ3v) is 2.66. The number of thioether (sulfide) groups is 1. The van der Waals surface area contributed by atoms with Crippen LogP contribution in [0.1, 0.15) is 19.0 Å². The fraction of sp³-hybridized carbons (Fsp3) is 0.455. The van der Waals surface area contributed by atoms with Crippen molar-refractivity contribution in [3.05, 3.63) is 23.9 Å². The summed E-state index contributed by atoms with van der Waals surface area (Å²) in [4.78, 5) is 15.4. The predicted octanol–water partition coefficient (Wildman–Crippen LogP) is 2.44. The van der Waals surface area contributed by atoms with Crippen LogP contribution >= 0.6 is 11.8 Å². The fourth-order valence-electron chi connectivity index (χ4n) is 1.07. The van der Waals surface area contributed by atoms with E-state index in [-0.39, 0.29) is 5.97 Å². The Morgan fingerprint density at radius 3 is 3.00 bits per heavy atom. The van der Waals surface area contributed by atoms with Gasteiger partial charge >= 0.3 is 5.97 Å². The van der Waals surface area contributed by atoms with Gasteiger partial charge in [0.2, 0.25) is 0 Å². The summed E-state index contributed by atoms with van der Waals surface area (Å²) in [7, 11) is 0. The second-order valence-electron chi connectivity index (χ2n) is 3.02. The van der Waals surface area contributed by atoms with Crippen molar-refractivity contribution in [3.8, 4) is 0 Å². The highest BCUT2D eigenvalue weighted by atomic mass is 32.2. The first-order valence-electron chi connectivity index (χ1n) is 4.94. The monoisotopic (exact) mass is 225 g/mol. The van der Waals surface area contributed by atoms with Gasteiger partial charge in [-0.3, -0.25) is 4.79 Å². The molecule has 1 aromatic heterocycles. The molecule has 0 aliphatic heterocycles. The number of esters is 1. The molecule has 0 fully saturated rings. The number of aromatic nitrogens is 1. The molecule has 0 aliphatic carbocycles. The Bertz CT molecular complexity index is 328. The molecule has 0 aliphatic rings. The quantitative estimate of drug-likeness (QED) is 0.570. The molecule has 82 valence electrons. The number of hydrogen-bond acceptors (Lipinski definition) is 4. The number of hydrogen-bond donors (Lipinski definition) is 0. The minimum atomic E-state index is -0.141. The van der Waals surface area contributed by atoms with Crippen LogP contribution in [0.15, 0.2) is 23.2 Å². The smallest absolute Gasteiger partial charge is 0.306 e. The maximum absolute atomic E-state index is 11.0. The standard InChI is InChI=1S/C11H15NO2S/c1-3-14-11(13)7-8-15-10-6-4-5-9(2)12-10/h4-6H,3,7-8H2,1-2H3. The van der Waals surface area contributed by atoms with Crippen molar-refractivity contribution in [2.24, 2.45) is 0 Å². The minimum Gasteiger partial charge on any atom is -0.466 e. The first kappa shape index (κ1) is 12.0. The molecule has 1 aromatic rings. The van der Waals surface area contributed by atoms with Gasteiger partial charge in [0.1, 0.15) is 0 Å². The number of carbonyl (C=O) groups excluding carboxylic acids is 1. The third kappa shape index (κ3) is 4.83. The summed E-state index contributed by atoms with van der Waals surface area (Å²) in [6.45, 7) is 4.22. The topological polar surface area (TPSA) is 39.2 Å². The Kier molecular flexibility index (Phi) is 5.18. The average molecular weight is 225 g/mol. The molecular weight excluding hydrogens is 210 g/mol. The summed E-state index contributed by atoms with van der Waals surface area (Å²) in [5.74, 6) is 0.576. The van der Waals surface area contributed by atoms with Crippen molar-refractivity contribution in [3.63, 3.8) is 0 Å². The van der Waals surface area contributed by atoms with E-state index < -0.39 is 0 Å². The van der Waals surface area contributed by atoms with E-state index in [1.54, 1.807) is 11.8 Å². The molecule has 0 N–H and O–H groups in total. The van der Waals surface area contributed by atoms with Gasteiger partial charge in [-0.2, -0.15) is 0 Å². The minimum absolute atomic E-state index is 0.141. The van der Waals surface area contributed by atoms with Crippen molar-refractivity contribution >= 4 is 17.7 Å². The van der Waals surface area contributed by atoms with Crippen molar-refractivity contribution in [2.45, 2.75) is 25.3 Å². The lowest BCUT2D eigenvalue weighted by molar-refractivity contribution is -0.142. The largest absolute Gasteiger partial charge is 0.466 e. The lowest BCUT2D eigenvalue weighted by atomic mass is 10.4. The molecule has 0 bridgehead atoms. The lowest BCUT2D eigenvalue weighted by Crippen LogP contribution is -2.04. The molecule has 0 amide bonds. The lowest BCUT2D eigenvalue weighted by Gasteiger charge is -2.02. The third-order valence-electron chi connectivity index (χ3n) is 1.72. The van der Waals surface area contributed by atoms with E-state index in [1.807, 2.05) is 32.0 Å². The Hall–Kier alpha value is -1.03. The highest BCUT2D eigenvalue weighted by molar-refractivity contribution is 7.99. The van der Waals surface area contributed by atoms with Gasteiger partial charge in [-0.05, 0) is 26.0 Å². The first-order chi connectivity index (χ1) is 7.22. The van der Waals surface area contributed by atoms with Crippen molar-refractivity contribution in [1.29, 1.82) is 0 Å². The molecule has 0 unspecified atom stereocenters. The summed E-state index contributed by atoms with van der Waals surface area (Å²) >= 11 is 1.58. The van der Waals surface area contributed by atoms with Crippen LogP contribution in [-0.2, 0) is 9.53 Å².